The summed E-state index contributed by atoms with van der Waals surface area (Å²) in [5.74, 6) is 0.556. The van der Waals surface area contributed by atoms with E-state index in [0.717, 1.165) is 17.6 Å². The maximum atomic E-state index is 5.69. The molecule has 0 fully saturated rings. The van der Waals surface area contributed by atoms with Gasteiger partial charge in [-0.3, -0.25) is 4.98 Å². The molecule has 0 saturated carbocycles. The van der Waals surface area contributed by atoms with Gasteiger partial charge in [-0.05, 0) is 13.0 Å². The molecule has 2 aromatic rings. The number of pyridine rings is 1. The molecule has 0 bridgehead atoms. The van der Waals surface area contributed by atoms with Crippen molar-refractivity contribution in [1.82, 2.24) is 14.5 Å². The fourth-order valence-corrected chi connectivity index (χ4v) is 1.33. The monoisotopic (exact) mass is 162 g/mol. The van der Waals surface area contributed by atoms with Crippen molar-refractivity contribution in [3.8, 4) is 0 Å². The van der Waals surface area contributed by atoms with Crippen molar-refractivity contribution in [1.29, 1.82) is 0 Å². The number of aromatic nitrogens is 3. The Morgan fingerprint density at radius 2 is 2.42 bits per heavy atom. The molecule has 0 radical (unpaired) electrons. The number of nitrogen functional groups attached to an aromatic ring is 1. The molecule has 2 aromatic heterocycles. The van der Waals surface area contributed by atoms with Crippen LogP contribution in [0, 0.1) is 0 Å². The van der Waals surface area contributed by atoms with Gasteiger partial charge in [0.25, 0.3) is 0 Å². The van der Waals surface area contributed by atoms with Crippen LogP contribution in [-0.4, -0.2) is 14.5 Å². The predicted octanol–water partition coefficient (Wildman–Crippen LogP) is 1.03. The van der Waals surface area contributed by atoms with Crippen molar-refractivity contribution in [2.45, 2.75) is 13.5 Å². The van der Waals surface area contributed by atoms with Gasteiger partial charge >= 0.3 is 0 Å². The summed E-state index contributed by atoms with van der Waals surface area (Å²) < 4.78 is 1.96. The van der Waals surface area contributed by atoms with Crippen molar-refractivity contribution in [3.05, 3.63) is 18.5 Å². The van der Waals surface area contributed by atoms with Gasteiger partial charge in [0.2, 0.25) is 5.95 Å². The van der Waals surface area contributed by atoms with Crippen molar-refractivity contribution in [3.63, 3.8) is 0 Å². The third-order valence-electron chi connectivity index (χ3n) is 1.90. The summed E-state index contributed by atoms with van der Waals surface area (Å²) in [6.07, 6.45) is 3.47. The zero-order chi connectivity index (χ0) is 8.55. The molecule has 2 N–H and O–H groups in total. The van der Waals surface area contributed by atoms with Gasteiger partial charge in [-0.25, -0.2) is 4.98 Å². The molecular weight excluding hydrogens is 152 g/mol. The largest absolute Gasteiger partial charge is 0.369 e. The zero-order valence-corrected chi connectivity index (χ0v) is 6.86. The summed E-state index contributed by atoms with van der Waals surface area (Å²) in [5.41, 5.74) is 7.59. The second kappa shape index (κ2) is 2.48. The molecule has 0 unspecified atom stereocenters. The number of nitrogens with zero attached hydrogens (tertiary/aromatic N) is 3. The highest BCUT2D eigenvalue weighted by Gasteiger charge is 2.04. The van der Waals surface area contributed by atoms with Crippen LogP contribution in [0.1, 0.15) is 6.92 Å². The van der Waals surface area contributed by atoms with Crippen LogP contribution in [0.5, 0.6) is 0 Å². The van der Waals surface area contributed by atoms with E-state index in [1.54, 1.807) is 12.4 Å². The summed E-state index contributed by atoms with van der Waals surface area (Å²) in [6, 6.07) is 1.92. The van der Waals surface area contributed by atoms with E-state index in [2.05, 4.69) is 9.97 Å². The first-order valence-corrected chi connectivity index (χ1v) is 3.88. The number of fused-ring (bicyclic) bond motifs is 1. The Balaban J connectivity index is 2.81. The summed E-state index contributed by atoms with van der Waals surface area (Å²) in [5, 5.41) is 0. The summed E-state index contributed by atoms with van der Waals surface area (Å²) in [6.45, 7) is 2.88. The number of imidazole rings is 1. The predicted molar refractivity (Wildman–Crippen MR) is 47.6 cm³/mol. The second-order valence-electron chi connectivity index (χ2n) is 2.58. The highest BCUT2D eigenvalue weighted by molar-refractivity contribution is 5.76. The van der Waals surface area contributed by atoms with Crippen molar-refractivity contribution in [2.24, 2.45) is 0 Å². The molecule has 0 aliphatic heterocycles. The lowest BCUT2D eigenvalue weighted by Gasteiger charge is -1.99. The topological polar surface area (TPSA) is 56.7 Å². The number of hydrogen-bond acceptors (Lipinski definition) is 3. The van der Waals surface area contributed by atoms with Crippen LogP contribution < -0.4 is 5.73 Å². The minimum Gasteiger partial charge on any atom is -0.369 e. The smallest absolute Gasteiger partial charge is 0.201 e. The third kappa shape index (κ3) is 0.845. The van der Waals surface area contributed by atoms with Crippen molar-refractivity contribution in [2.75, 3.05) is 5.73 Å². The standard InChI is InChI=1S/C8H10N4/c1-2-12-7-3-4-10-5-6(7)11-8(12)9/h3-5H,2H2,1H3,(H2,9,11). The molecule has 0 aliphatic rings. The molecule has 0 atom stereocenters. The normalized spacial score (nSPS) is 10.8. The Hall–Kier alpha value is -1.58. The SMILES string of the molecule is CCn1c(N)nc2cnccc21. The number of aryl methyl sites for hydroxylation is 1. The van der Waals surface area contributed by atoms with E-state index in [4.69, 9.17) is 5.73 Å². The first kappa shape index (κ1) is 7.09. The van der Waals surface area contributed by atoms with Crippen LogP contribution in [0.3, 0.4) is 0 Å². The van der Waals surface area contributed by atoms with E-state index in [9.17, 15) is 0 Å². The fraction of sp³-hybridized carbons (Fsp3) is 0.250. The molecule has 12 heavy (non-hydrogen) atoms. The van der Waals surface area contributed by atoms with Gasteiger partial charge in [-0.15, -0.1) is 0 Å². The van der Waals surface area contributed by atoms with E-state index in [-0.39, 0.29) is 0 Å². The second-order valence-corrected chi connectivity index (χ2v) is 2.58. The lowest BCUT2D eigenvalue weighted by molar-refractivity contribution is 0.800. The van der Waals surface area contributed by atoms with E-state index in [0.29, 0.717) is 5.95 Å². The molecule has 0 aromatic carbocycles. The van der Waals surface area contributed by atoms with Gasteiger partial charge in [0.15, 0.2) is 0 Å². The number of anilines is 1. The van der Waals surface area contributed by atoms with E-state index in [1.807, 2.05) is 17.6 Å². The summed E-state index contributed by atoms with van der Waals surface area (Å²) >= 11 is 0. The maximum Gasteiger partial charge on any atom is 0.201 e. The van der Waals surface area contributed by atoms with Gasteiger partial charge in [0, 0.05) is 12.7 Å². The minimum atomic E-state index is 0.556. The van der Waals surface area contributed by atoms with Gasteiger partial charge in [0.05, 0.1) is 11.7 Å². The van der Waals surface area contributed by atoms with E-state index < -0.39 is 0 Å². The van der Waals surface area contributed by atoms with E-state index in [1.165, 1.54) is 0 Å². The molecule has 2 heterocycles. The highest BCUT2D eigenvalue weighted by atomic mass is 15.1. The van der Waals surface area contributed by atoms with Gasteiger partial charge in [-0.1, -0.05) is 0 Å². The number of nitrogens with two attached hydrogens (primary N) is 1. The molecule has 0 amide bonds. The first-order chi connectivity index (χ1) is 5.83. The quantitative estimate of drug-likeness (QED) is 0.681. The van der Waals surface area contributed by atoms with Crippen molar-refractivity contribution < 1.29 is 0 Å². The number of rotatable bonds is 1. The average Bonchev–Trinajstić information content (AvgIpc) is 2.40. The van der Waals surface area contributed by atoms with Gasteiger partial charge in [-0.2, -0.15) is 0 Å². The summed E-state index contributed by atoms with van der Waals surface area (Å²) in [7, 11) is 0. The molecular formula is C8H10N4. The Labute approximate surface area is 70.0 Å². The van der Waals surface area contributed by atoms with Crippen LogP contribution in [-0.2, 0) is 6.54 Å². The van der Waals surface area contributed by atoms with E-state index >= 15 is 0 Å². The van der Waals surface area contributed by atoms with Crippen LogP contribution in [0.4, 0.5) is 5.95 Å². The molecule has 0 spiro atoms. The van der Waals surface area contributed by atoms with Crippen LogP contribution in [0.15, 0.2) is 18.5 Å². The molecule has 0 saturated heterocycles. The molecule has 62 valence electrons. The Morgan fingerprint density at radius 1 is 1.58 bits per heavy atom. The fourth-order valence-electron chi connectivity index (χ4n) is 1.33. The Kier molecular flexibility index (Phi) is 1.46. The number of hydrogen-bond donors (Lipinski definition) is 1. The van der Waals surface area contributed by atoms with Gasteiger partial charge < -0.3 is 10.3 Å². The third-order valence-corrected chi connectivity index (χ3v) is 1.90. The minimum absolute atomic E-state index is 0.556. The maximum absolute atomic E-state index is 5.69. The average molecular weight is 162 g/mol. The highest BCUT2D eigenvalue weighted by Crippen LogP contribution is 2.15. The van der Waals surface area contributed by atoms with Crippen LogP contribution >= 0.6 is 0 Å². The zero-order valence-electron chi connectivity index (χ0n) is 6.86. The lowest BCUT2D eigenvalue weighted by Crippen LogP contribution is -2.00. The lowest BCUT2D eigenvalue weighted by atomic mass is 10.4. The Morgan fingerprint density at radius 3 is 3.17 bits per heavy atom. The Bertz CT molecular complexity index is 404. The molecule has 4 heteroatoms. The van der Waals surface area contributed by atoms with Crippen molar-refractivity contribution >= 4 is 17.0 Å². The first-order valence-electron chi connectivity index (χ1n) is 3.88. The molecule has 4 nitrogen and oxygen atoms in total. The van der Waals surface area contributed by atoms with Gasteiger partial charge in [0.1, 0.15) is 5.52 Å². The molecule has 2 rings (SSSR count). The van der Waals surface area contributed by atoms with Crippen LogP contribution in [0.25, 0.3) is 11.0 Å². The molecule has 0 aliphatic carbocycles. The van der Waals surface area contributed by atoms with Crippen LogP contribution in [0.2, 0.25) is 0 Å². The summed E-state index contributed by atoms with van der Waals surface area (Å²) in [4.78, 5) is 8.13.